The van der Waals surface area contributed by atoms with Gasteiger partial charge in [0.25, 0.3) is 0 Å². The van der Waals surface area contributed by atoms with E-state index in [9.17, 15) is 4.79 Å². The van der Waals surface area contributed by atoms with Crippen LogP contribution in [-0.4, -0.2) is 12.6 Å². The van der Waals surface area contributed by atoms with Gasteiger partial charge in [-0.15, -0.1) is 0 Å². The summed E-state index contributed by atoms with van der Waals surface area (Å²) in [5, 5.41) is 0.471. The third-order valence-electron chi connectivity index (χ3n) is 5.86. The monoisotopic (exact) mass is 504 g/mol. The van der Waals surface area contributed by atoms with Gasteiger partial charge in [-0.1, -0.05) is 0 Å². The molecule has 4 rings (SSSR count). The van der Waals surface area contributed by atoms with Crippen LogP contribution in [0, 0.1) is 0 Å². The van der Waals surface area contributed by atoms with Gasteiger partial charge in [0.2, 0.25) is 0 Å². The maximum atomic E-state index is 12.8. The summed E-state index contributed by atoms with van der Waals surface area (Å²) in [5.41, 5.74) is 1.59. The molecule has 162 valence electrons. The molecule has 0 aliphatic heterocycles. The van der Waals surface area contributed by atoms with Gasteiger partial charge in [-0.3, -0.25) is 0 Å². The van der Waals surface area contributed by atoms with Crippen LogP contribution < -0.4 is 15.9 Å². The van der Waals surface area contributed by atoms with Crippen LogP contribution in [0.25, 0.3) is 0 Å². The molecular weight excluding hydrogens is 479 g/mol. The second-order valence-corrected chi connectivity index (χ2v) is 16.7. The summed E-state index contributed by atoms with van der Waals surface area (Å²) in [6.07, 6.45) is 0.651. The van der Waals surface area contributed by atoms with Crippen molar-refractivity contribution in [1.82, 2.24) is 0 Å². The van der Waals surface area contributed by atoms with E-state index in [1.807, 2.05) is 49.4 Å². The zero-order valence-corrected chi connectivity index (χ0v) is 20.5. The molecule has 0 saturated carbocycles. The van der Waals surface area contributed by atoms with Gasteiger partial charge in [0.05, 0.1) is 0 Å². The number of hydrogen-bond donors (Lipinski definition) is 0. The summed E-state index contributed by atoms with van der Waals surface area (Å²) in [5.74, 6) is -0.283. The average molecular weight is 505 g/mol. The molecule has 0 bridgehead atoms. The van der Waals surface area contributed by atoms with Crippen LogP contribution in [0.15, 0.2) is 115 Å². The molecule has 0 radical (unpaired) electrons. The van der Waals surface area contributed by atoms with Crippen molar-refractivity contribution in [3.05, 3.63) is 126 Å². The van der Waals surface area contributed by atoms with E-state index in [-0.39, 0.29) is 5.97 Å². The van der Waals surface area contributed by atoms with Gasteiger partial charge < -0.3 is 0 Å². The molecule has 2 nitrogen and oxygen atoms in total. The Morgan fingerprint density at radius 1 is 0.688 bits per heavy atom. The molecule has 0 fully saturated rings. The molecule has 0 aliphatic carbocycles. The Hall–Kier alpha value is -2.74. The van der Waals surface area contributed by atoms with Crippen LogP contribution in [0.2, 0.25) is 0 Å². The fourth-order valence-corrected chi connectivity index (χ4v) is 12.0. The summed E-state index contributed by atoms with van der Waals surface area (Å²) in [4.78, 5) is 12.8. The molecule has 0 saturated heterocycles. The maximum absolute atomic E-state index is 12.8. The van der Waals surface area contributed by atoms with E-state index in [2.05, 4.69) is 88.3 Å². The number of rotatable bonds is 7. The molecule has 32 heavy (non-hydrogen) atoms. The van der Waals surface area contributed by atoms with Crippen molar-refractivity contribution in [2.24, 2.45) is 0 Å². The third-order valence-corrected chi connectivity index (χ3v) is 15.4. The number of carbonyl (C=O) groups is 1. The molecule has 0 unspecified atom stereocenters. The summed E-state index contributed by atoms with van der Waals surface area (Å²) in [6, 6.07) is 39.6. The average Bonchev–Trinajstić information content (AvgIpc) is 2.86. The van der Waals surface area contributed by atoms with Crippen molar-refractivity contribution in [3.8, 4) is 0 Å². The number of carbonyl (C=O) groups excluding carboxylic acids is 1. The van der Waals surface area contributed by atoms with E-state index < -0.39 is 5.31 Å². The van der Waals surface area contributed by atoms with Crippen LogP contribution >= 0.6 is 20.8 Å². The number of ether oxygens (including phenoxy) is 1. The van der Waals surface area contributed by atoms with E-state index >= 15 is 0 Å². The Kier molecular flexibility index (Phi) is 6.60. The Balaban J connectivity index is 2.06. The first-order valence-electron chi connectivity index (χ1n) is 10.7. The summed E-state index contributed by atoms with van der Waals surface area (Å²) < 4.78 is 5.39. The normalized spacial score (nSPS) is 12.5. The number of hydrogen-bond acceptors (Lipinski definition) is 2. The zero-order chi connectivity index (χ0) is 22.5. The van der Waals surface area contributed by atoms with Crippen molar-refractivity contribution in [2.45, 2.75) is 13.1 Å². The molecule has 4 heteroatoms. The second kappa shape index (κ2) is 9.40. The number of benzene rings is 4. The van der Waals surface area contributed by atoms with Crippen molar-refractivity contribution in [1.29, 1.82) is 0 Å². The quantitative estimate of drug-likeness (QED) is 0.221. The van der Waals surface area contributed by atoms with Gasteiger partial charge in [-0.05, 0) is 0 Å². The van der Waals surface area contributed by atoms with Gasteiger partial charge >= 0.3 is 198 Å². The van der Waals surface area contributed by atoms with Crippen LogP contribution in [0.1, 0.15) is 22.8 Å². The molecule has 0 atom stereocenters. The van der Waals surface area contributed by atoms with E-state index in [0.717, 1.165) is 5.56 Å². The molecule has 0 heterocycles. The fourth-order valence-electron chi connectivity index (χ4n) is 4.32. The van der Waals surface area contributed by atoms with Crippen LogP contribution in [0.3, 0.4) is 0 Å². The molecular formula is C28H26BrO2P. The molecule has 4 aromatic carbocycles. The predicted octanol–water partition coefficient (Wildman–Crippen LogP) is 6.20. The minimum atomic E-state index is -3.18. The first kappa shape index (κ1) is 22.5. The zero-order valence-electron chi connectivity index (χ0n) is 18.0. The van der Waals surface area contributed by atoms with Gasteiger partial charge in [-0.2, -0.15) is 0 Å². The molecule has 0 amide bonds. The third kappa shape index (κ3) is 3.92. The summed E-state index contributed by atoms with van der Waals surface area (Å²) >= 11 is 4.45. The van der Waals surface area contributed by atoms with Gasteiger partial charge in [-0.25, -0.2) is 0 Å². The molecule has 4 aromatic rings. The molecule has 0 N–H and O–H groups in total. The number of esters is 1. The standard InChI is InChI=1S/C28H26BrO2P/c1-2-31-28(30)27-21-13-12-14-23(27)22-32(29,24-15-6-3-7-16-24,25-17-8-4-9-18-25)26-19-10-5-11-20-26/h3-21H,2,22H2,1H3. The topological polar surface area (TPSA) is 26.3 Å². The van der Waals surface area contributed by atoms with Crippen LogP contribution in [0.4, 0.5) is 0 Å². The minimum absolute atomic E-state index is 0.283. The van der Waals surface area contributed by atoms with Gasteiger partial charge in [0.15, 0.2) is 0 Å². The Bertz CT molecular complexity index is 1090. The summed E-state index contributed by atoms with van der Waals surface area (Å²) in [6.45, 7) is 2.18. The second-order valence-electron chi connectivity index (χ2n) is 7.73. The molecule has 0 aliphatic rings. The van der Waals surface area contributed by atoms with Gasteiger partial charge in [0.1, 0.15) is 0 Å². The van der Waals surface area contributed by atoms with Crippen LogP contribution in [-0.2, 0) is 10.9 Å². The van der Waals surface area contributed by atoms with E-state index in [0.29, 0.717) is 18.3 Å². The first-order valence-corrected chi connectivity index (χ1v) is 15.2. The van der Waals surface area contributed by atoms with E-state index in [4.69, 9.17) is 4.74 Å². The van der Waals surface area contributed by atoms with Crippen LogP contribution in [0.5, 0.6) is 0 Å². The Morgan fingerprint density at radius 2 is 1.09 bits per heavy atom. The number of halogens is 1. The van der Waals surface area contributed by atoms with E-state index in [1.165, 1.54) is 15.9 Å². The van der Waals surface area contributed by atoms with Crippen molar-refractivity contribution in [2.75, 3.05) is 6.61 Å². The SMILES string of the molecule is CCOC(=O)c1ccccc1CP(Br)(c1ccccc1)(c1ccccc1)c1ccccc1. The molecule has 0 aromatic heterocycles. The van der Waals surface area contributed by atoms with Gasteiger partial charge in [0, 0.05) is 0 Å². The predicted molar refractivity (Wildman–Crippen MR) is 140 cm³/mol. The first-order chi connectivity index (χ1) is 15.6. The van der Waals surface area contributed by atoms with E-state index in [1.54, 1.807) is 0 Å². The van der Waals surface area contributed by atoms with Crippen molar-refractivity contribution < 1.29 is 9.53 Å². The summed E-state index contributed by atoms with van der Waals surface area (Å²) in [7, 11) is 0. The Morgan fingerprint density at radius 3 is 1.53 bits per heavy atom. The van der Waals surface area contributed by atoms with Crippen molar-refractivity contribution >= 4 is 42.7 Å². The van der Waals surface area contributed by atoms with Crippen molar-refractivity contribution in [3.63, 3.8) is 0 Å². The Labute approximate surface area is 197 Å². The fraction of sp³-hybridized carbons (Fsp3) is 0.107. The molecule has 0 spiro atoms.